The van der Waals surface area contributed by atoms with E-state index in [9.17, 15) is 0 Å². The minimum atomic E-state index is 0.794. The van der Waals surface area contributed by atoms with Crippen LogP contribution in [-0.4, -0.2) is 34.0 Å². The Kier molecular flexibility index (Phi) is 8.18. The molecule has 4 nitrogen and oxygen atoms in total. The van der Waals surface area contributed by atoms with E-state index in [4.69, 9.17) is 9.47 Å². The van der Waals surface area contributed by atoms with Crippen molar-refractivity contribution in [3.8, 4) is 0 Å². The van der Waals surface area contributed by atoms with Crippen LogP contribution in [0.15, 0.2) is 12.1 Å². The Morgan fingerprint density at radius 1 is 1.05 bits per heavy atom. The number of aromatic nitrogens is 1. The predicted molar refractivity (Wildman–Crippen MR) is 77.5 cm³/mol. The summed E-state index contributed by atoms with van der Waals surface area (Å²) in [5, 5.41) is 3.40. The van der Waals surface area contributed by atoms with Crippen LogP contribution in [0.1, 0.15) is 30.5 Å². The molecule has 1 rings (SSSR count). The van der Waals surface area contributed by atoms with Gasteiger partial charge in [-0.25, -0.2) is 4.98 Å². The van der Waals surface area contributed by atoms with E-state index in [0.29, 0.717) is 0 Å². The Labute approximate surface area is 116 Å². The van der Waals surface area contributed by atoms with Crippen LogP contribution in [0.4, 0.5) is 5.82 Å². The lowest BCUT2D eigenvalue weighted by Gasteiger charge is -2.04. The molecule has 4 heteroatoms. The van der Waals surface area contributed by atoms with Gasteiger partial charge in [0, 0.05) is 46.3 Å². The molecule has 0 spiro atoms. The lowest BCUT2D eigenvalue weighted by molar-refractivity contribution is -0.374. The average Bonchev–Trinajstić information content (AvgIpc) is 2.39. The molecule has 19 heavy (non-hydrogen) atoms. The van der Waals surface area contributed by atoms with Crippen LogP contribution in [0.5, 0.6) is 0 Å². The van der Waals surface area contributed by atoms with E-state index in [1.165, 1.54) is 11.3 Å². The van der Waals surface area contributed by atoms with E-state index < -0.39 is 0 Å². The minimum Gasteiger partial charge on any atom is -0.385 e. The van der Waals surface area contributed by atoms with Crippen LogP contribution in [0.2, 0.25) is 0 Å². The zero-order valence-corrected chi connectivity index (χ0v) is 12.4. The van der Waals surface area contributed by atoms with E-state index in [2.05, 4.69) is 29.4 Å². The number of ether oxygens (including phenoxy) is 2. The van der Waals surface area contributed by atoms with Crippen molar-refractivity contribution in [3.63, 3.8) is 0 Å². The van der Waals surface area contributed by atoms with Gasteiger partial charge in [-0.2, -0.15) is 0 Å². The summed E-state index contributed by atoms with van der Waals surface area (Å²) in [5.74, 6) is 1.10. The monoisotopic (exact) mass is 267 g/mol. The third-order valence-corrected chi connectivity index (χ3v) is 2.95. The molecule has 0 unspecified atom stereocenters. The number of pyridine rings is 1. The van der Waals surface area contributed by atoms with Gasteiger partial charge in [-0.05, 0) is 31.4 Å². The Hall–Kier alpha value is -1.13. The van der Waals surface area contributed by atoms with Crippen molar-refractivity contribution in [2.24, 2.45) is 0 Å². The van der Waals surface area contributed by atoms with Crippen molar-refractivity contribution in [2.45, 2.75) is 32.6 Å². The van der Waals surface area contributed by atoms with Gasteiger partial charge >= 0.3 is 0 Å². The first kappa shape index (κ1) is 15.9. The van der Waals surface area contributed by atoms with Gasteiger partial charge in [0.1, 0.15) is 5.69 Å². The van der Waals surface area contributed by atoms with Crippen molar-refractivity contribution in [2.75, 3.05) is 39.3 Å². The number of H-pyrrole nitrogens is 1. The Morgan fingerprint density at radius 3 is 2.53 bits per heavy atom. The highest BCUT2D eigenvalue weighted by molar-refractivity contribution is 5.32. The number of unbranched alkanes of at least 4 members (excludes halogenated alkanes) is 1. The lowest BCUT2D eigenvalue weighted by Crippen LogP contribution is -2.19. The number of methoxy groups -OCH3 is 2. The second kappa shape index (κ2) is 9.75. The minimum absolute atomic E-state index is 0.794. The summed E-state index contributed by atoms with van der Waals surface area (Å²) >= 11 is 0. The molecular formula is C15H27N2O2+. The number of anilines is 1. The molecule has 0 aromatic carbocycles. The summed E-state index contributed by atoms with van der Waals surface area (Å²) in [6, 6.07) is 4.36. The van der Waals surface area contributed by atoms with E-state index in [1.54, 1.807) is 14.2 Å². The molecule has 108 valence electrons. The van der Waals surface area contributed by atoms with Crippen LogP contribution in [-0.2, 0) is 15.9 Å². The maximum absolute atomic E-state index is 5.07. The molecule has 0 aliphatic carbocycles. The largest absolute Gasteiger partial charge is 0.385 e. The Bertz CT molecular complexity index is 326. The zero-order valence-electron chi connectivity index (χ0n) is 12.4. The smallest absolute Gasteiger partial charge is 0.272 e. The SMILES string of the molecule is COCCCCc1cc(C)cc(NCCCOC)[nH+]1. The fraction of sp³-hybridized carbons (Fsp3) is 0.667. The molecule has 0 atom stereocenters. The fourth-order valence-corrected chi connectivity index (χ4v) is 2.02. The molecule has 0 bridgehead atoms. The second-order valence-corrected chi connectivity index (χ2v) is 4.82. The summed E-state index contributed by atoms with van der Waals surface area (Å²) < 4.78 is 10.1. The Balaban J connectivity index is 2.41. The third kappa shape index (κ3) is 7.13. The molecule has 1 aromatic heterocycles. The first-order valence-corrected chi connectivity index (χ1v) is 7.01. The number of rotatable bonds is 10. The van der Waals surface area contributed by atoms with Crippen molar-refractivity contribution in [3.05, 3.63) is 23.4 Å². The van der Waals surface area contributed by atoms with Gasteiger partial charge in [0.2, 0.25) is 0 Å². The molecule has 0 amide bonds. The summed E-state index contributed by atoms with van der Waals surface area (Å²) in [6.45, 7) is 4.69. The fourth-order valence-electron chi connectivity index (χ4n) is 2.02. The standard InChI is InChI=1S/C15H26N2O2/c1-13-11-14(7-4-5-9-18-2)17-15(12-13)16-8-6-10-19-3/h11-12H,4-10H2,1-3H3,(H,16,17)/p+1. The molecule has 0 aliphatic heterocycles. The van der Waals surface area contributed by atoms with Gasteiger partial charge in [-0.3, -0.25) is 5.32 Å². The van der Waals surface area contributed by atoms with E-state index >= 15 is 0 Å². The van der Waals surface area contributed by atoms with Gasteiger partial charge in [0.05, 0.1) is 6.54 Å². The molecule has 0 saturated heterocycles. The van der Waals surface area contributed by atoms with Gasteiger partial charge in [-0.1, -0.05) is 0 Å². The van der Waals surface area contributed by atoms with Crippen LogP contribution < -0.4 is 10.3 Å². The van der Waals surface area contributed by atoms with Gasteiger partial charge in [-0.15, -0.1) is 0 Å². The average molecular weight is 267 g/mol. The van der Waals surface area contributed by atoms with E-state index in [-0.39, 0.29) is 0 Å². The molecule has 0 fully saturated rings. The molecule has 1 aromatic rings. The topological polar surface area (TPSA) is 44.6 Å². The predicted octanol–water partition coefficient (Wildman–Crippen LogP) is 2.23. The van der Waals surface area contributed by atoms with Crippen molar-refractivity contribution >= 4 is 5.82 Å². The van der Waals surface area contributed by atoms with Crippen LogP contribution in [0.25, 0.3) is 0 Å². The number of aryl methyl sites for hydroxylation is 2. The number of hydrogen-bond acceptors (Lipinski definition) is 3. The quantitative estimate of drug-likeness (QED) is 0.661. The van der Waals surface area contributed by atoms with Gasteiger partial charge in [0.15, 0.2) is 0 Å². The zero-order chi connectivity index (χ0) is 13.9. The number of aromatic amines is 1. The summed E-state index contributed by atoms with van der Waals surface area (Å²) in [5.41, 5.74) is 2.57. The van der Waals surface area contributed by atoms with Crippen molar-refractivity contribution < 1.29 is 14.5 Å². The van der Waals surface area contributed by atoms with Crippen molar-refractivity contribution in [1.29, 1.82) is 0 Å². The molecule has 0 radical (unpaired) electrons. The maximum Gasteiger partial charge on any atom is 0.272 e. The normalized spacial score (nSPS) is 10.7. The van der Waals surface area contributed by atoms with Gasteiger partial charge < -0.3 is 9.47 Å². The molecule has 0 saturated carbocycles. The number of nitrogens with one attached hydrogen (secondary N) is 2. The van der Waals surface area contributed by atoms with Crippen LogP contribution >= 0.6 is 0 Å². The van der Waals surface area contributed by atoms with E-state index in [0.717, 1.165) is 51.3 Å². The van der Waals surface area contributed by atoms with Crippen molar-refractivity contribution in [1.82, 2.24) is 0 Å². The van der Waals surface area contributed by atoms with Crippen LogP contribution in [0.3, 0.4) is 0 Å². The third-order valence-electron chi connectivity index (χ3n) is 2.95. The summed E-state index contributed by atoms with van der Waals surface area (Å²) in [7, 11) is 3.48. The maximum atomic E-state index is 5.07. The molecular weight excluding hydrogens is 240 g/mol. The Morgan fingerprint density at radius 2 is 1.79 bits per heavy atom. The first-order chi connectivity index (χ1) is 9.26. The highest BCUT2D eigenvalue weighted by atomic mass is 16.5. The summed E-state index contributed by atoms with van der Waals surface area (Å²) in [4.78, 5) is 3.45. The molecule has 1 heterocycles. The summed E-state index contributed by atoms with van der Waals surface area (Å²) in [6.07, 6.45) is 4.34. The lowest BCUT2D eigenvalue weighted by atomic mass is 10.1. The molecule has 2 N–H and O–H groups in total. The molecule has 0 aliphatic rings. The highest BCUT2D eigenvalue weighted by Crippen LogP contribution is 2.07. The first-order valence-electron chi connectivity index (χ1n) is 7.01. The highest BCUT2D eigenvalue weighted by Gasteiger charge is 2.05. The van der Waals surface area contributed by atoms with Gasteiger partial charge in [0.25, 0.3) is 5.82 Å². The number of hydrogen-bond donors (Lipinski definition) is 1. The van der Waals surface area contributed by atoms with E-state index in [1.807, 2.05) is 0 Å². The second-order valence-electron chi connectivity index (χ2n) is 4.82. The van der Waals surface area contributed by atoms with Crippen LogP contribution in [0, 0.1) is 6.92 Å².